The molecule has 3 aromatic rings. The van der Waals surface area contributed by atoms with Crippen molar-refractivity contribution >= 4 is 18.6 Å². The van der Waals surface area contributed by atoms with Crippen molar-refractivity contribution in [3.8, 4) is 28.4 Å². The van der Waals surface area contributed by atoms with Crippen LogP contribution in [0.25, 0.3) is 11.1 Å². The van der Waals surface area contributed by atoms with Crippen LogP contribution in [0.15, 0.2) is 71.4 Å². The zero-order valence-corrected chi connectivity index (χ0v) is 22.6. The van der Waals surface area contributed by atoms with Crippen LogP contribution in [0.2, 0.25) is 0 Å². The molecule has 0 aromatic heterocycles. The van der Waals surface area contributed by atoms with E-state index in [1.54, 1.807) is 25.5 Å². The third-order valence-corrected chi connectivity index (χ3v) is 6.53. The summed E-state index contributed by atoms with van der Waals surface area (Å²) in [4.78, 5) is 29.2. The molecule has 8 nitrogen and oxygen atoms in total. The van der Waals surface area contributed by atoms with E-state index in [0.29, 0.717) is 31.1 Å². The number of nitrogens with one attached hydrogen (secondary N) is 1. The summed E-state index contributed by atoms with van der Waals surface area (Å²) in [5.74, 6) is 0.835. The lowest BCUT2D eigenvalue weighted by molar-refractivity contribution is -0.184. The highest BCUT2D eigenvalue weighted by atomic mass is 19.3. The number of halogens is 1. The molecule has 0 radical (unpaired) electrons. The van der Waals surface area contributed by atoms with Crippen molar-refractivity contribution in [2.75, 3.05) is 20.3 Å². The Kier molecular flexibility index (Phi) is 9.51. The fourth-order valence-corrected chi connectivity index (χ4v) is 4.78. The number of hydrogen-bond acceptors (Lipinski definition) is 7. The first-order valence-electron chi connectivity index (χ1n) is 12.8. The van der Waals surface area contributed by atoms with Crippen molar-refractivity contribution in [1.82, 2.24) is 5.32 Å². The predicted molar refractivity (Wildman–Crippen MR) is 149 cm³/mol. The first-order chi connectivity index (χ1) is 19.4. The minimum Gasteiger partial charge on any atom is -0.492 e. The molecule has 3 aromatic carbocycles. The molecule has 1 aliphatic heterocycles. The van der Waals surface area contributed by atoms with Crippen LogP contribution in [-0.2, 0) is 21.1 Å². The number of rotatable bonds is 12. The normalized spacial score (nSPS) is 14.4. The first-order valence-corrected chi connectivity index (χ1v) is 12.8. The fraction of sp³-hybridized carbons (Fsp3) is 0.258. The summed E-state index contributed by atoms with van der Waals surface area (Å²) in [5.41, 5.74) is 6.88. The van der Waals surface area contributed by atoms with Gasteiger partial charge in [0.15, 0.2) is 0 Å². The lowest BCUT2D eigenvalue weighted by atomic mass is 9.94. The van der Waals surface area contributed by atoms with Crippen molar-refractivity contribution < 1.29 is 33.3 Å². The Morgan fingerprint density at radius 3 is 2.62 bits per heavy atom. The second-order valence-electron chi connectivity index (χ2n) is 9.46. The molecule has 208 valence electrons. The highest BCUT2D eigenvalue weighted by Gasteiger charge is 2.27. The molecule has 0 saturated carbocycles. The van der Waals surface area contributed by atoms with E-state index in [-0.39, 0.29) is 18.9 Å². The van der Waals surface area contributed by atoms with Crippen molar-refractivity contribution in [2.24, 2.45) is 4.99 Å². The number of nitrogens with zero attached hydrogens (tertiary/aromatic N) is 1. The minimum absolute atomic E-state index is 0.0763. The van der Waals surface area contributed by atoms with Crippen molar-refractivity contribution in [3.63, 3.8) is 0 Å². The molecule has 1 heterocycles. The van der Waals surface area contributed by atoms with Gasteiger partial charge in [-0.2, -0.15) is 0 Å². The van der Waals surface area contributed by atoms with Crippen LogP contribution < -0.4 is 19.5 Å². The van der Waals surface area contributed by atoms with Crippen LogP contribution in [-0.4, -0.2) is 38.9 Å². The van der Waals surface area contributed by atoms with Crippen LogP contribution in [0.3, 0.4) is 0 Å². The standard InChI is InChI=1S/C31H31FN2O6/c1-20-9-27(38-17-23(14-33-3)15-34-19-35)10-21(2)31(20)24-6-4-5-22(11-24)16-37-26-7-8-28-25(12-30(36)40-32)18-39-29(28)13-26/h4-11,13-15,19,25H,12,16-18H2,1-3H3,(H,34,35)/b23-15+,33-14?. The van der Waals surface area contributed by atoms with Gasteiger partial charge in [0.1, 0.15) is 30.5 Å². The second-order valence-corrected chi connectivity index (χ2v) is 9.46. The maximum absolute atomic E-state index is 12.1. The lowest BCUT2D eigenvalue weighted by Gasteiger charge is -2.15. The summed E-state index contributed by atoms with van der Waals surface area (Å²) in [6, 6.07) is 17.6. The molecule has 0 spiro atoms. The summed E-state index contributed by atoms with van der Waals surface area (Å²) in [7, 11) is 1.66. The molecule has 0 saturated heterocycles. The topological polar surface area (TPSA) is 95.5 Å². The van der Waals surface area contributed by atoms with Gasteiger partial charge < -0.3 is 19.5 Å². The molecule has 1 atom stereocenters. The third-order valence-electron chi connectivity index (χ3n) is 6.53. The van der Waals surface area contributed by atoms with Gasteiger partial charge in [0, 0.05) is 47.1 Å². The molecule has 0 bridgehead atoms. The number of aryl methyl sites for hydroxylation is 2. The average molecular weight is 547 g/mol. The quantitative estimate of drug-likeness (QED) is 0.236. The molecule has 1 amide bonds. The molecule has 9 heteroatoms. The van der Waals surface area contributed by atoms with Gasteiger partial charge in [0.05, 0.1) is 13.0 Å². The fourth-order valence-electron chi connectivity index (χ4n) is 4.78. The van der Waals surface area contributed by atoms with E-state index in [9.17, 15) is 14.1 Å². The largest absolute Gasteiger partial charge is 0.492 e. The number of ether oxygens (including phenoxy) is 3. The Labute approximate surface area is 232 Å². The van der Waals surface area contributed by atoms with E-state index in [4.69, 9.17) is 14.2 Å². The highest BCUT2D eigenvalue weighted by molar-refractivity contribution is 5.79. The van der Waals surface area contributed by atoms with E-state index in [0.717, 1.165) is 44.7 Å². The molecule has 40 heavy (non-hydrogen) atoms. The Hall–Kier alpha value is -4.66. The number of aliphatic imine (C=N–C) groups is 1. The van der Waals surface area contributed by atoms with E-state index in [2.05, 4.69) is 27.4 Å². The zero-order chi connectivity index (χ0) is 28.5. The third kappa shape index (κ3) is 7.05. The van der Waals surface area contributed by atoms with Gasteiger partial charge >= 0.3 is 5.97 Å². The molecular weight excluding hydrogens is 515 g/mol. The van der Waals surface area contributed by atoms with Crippen LogP contribution >= 0.6 is 0 Å². The number of carbonyl (C=O) groups excluding carboxylic acids is 2. The molecule has 1 N–H and O–H groups in total. The average Bonchev–Trinajstić information content (AvgIpc) is 3.34. The molecule has 0 fully saturated rings. The van der Waals surface area contributed by atoms with E-state index in [1.165, 1.54) is 0 Å². The lowest BCUT2D eigenvalue weighted by Crippen LogP contribution is -2.09. The Balaban J connectivity index is 1.43. The van der Waals surface area contributed by atoms with Gasteiger partial charge in [-0.3, -0.25) is 14.7 Å². The van der Waals surface area contributed by atoms with Gasteiger partial charge in [-0.1, -0.05) is 24.3 Å². The van der Waals surface area contributed by atoms with Crippen LogP contribution in [0.5, 0.6) is 17.2 Å². The van der Waals surface area contributed by atoms with Gasteiger partial charge in [-0.15, -0.1) is 0 Å². The number of carbonyl (C=O) groups is 2. The minimum atomic E-state index is -0.911. The number of hydrogen-bond donors (Lipinski definition) is 1. The van der Waals surface area contributed by atoms with Gasteiger partial charge in [0.2, 0.25) is 6.41 Å². The van der Waals surface area contributed by atoms with Crippen molar-refractivity contribution in [1.29, 1.82) is 0 Å². The van der Waals surface area contributed by atoms with Crippen LogP contribution in [0.1, 0.15) is 34.6 Å². The van der Waals surface area contributed by atoms with E-state index < -0.39 is 5.97 Å². The Bertz CT molecular complexity index is 1410. The Morgan fingerprint density at radius 2 is 1.90 bits per heavy atom. The smallest absolute Gasteiger partial charge is 0.349 e. The molecule has 1 aliphatic rings. The molecular formula is C31H31FN2O6. The maximum atomic E-state index is 12.1. The second kappa shape index (κ2) is 13.4. The summed E-state index contributed by atoms with van der Waals surface area (Å²) in [6.45, 7) is 5.00. The molecule has 4 rings (SSSR count). The molecule has 1 unspecified atom stereocenters. The monoisotopic (exact) mass is 546 g/mol. The summed E-state index contributed by atoms with van der Waals surface area (Å²) in [6.07, 6.45) is 3.71. The zero-order valence-electron chi connectivity index (χ0n) is 22.6. The van der Waals surface area contributed by atoms with E-state index >= 15 is 0 Å². The predicted octanol–water partition coefficient (Wildman–Crippen LogP) is 5.55. The number of amides is 1. The van der Waals surface area contributed by atoms with Crippen molar-refractivity contribution in [2.45, 2.75) is 32.8 Å². The van der Waals surface area contributed by atoms with Gasteiger partial charge in [-0.05, 0) is 65.9 Å². The maximum Gasteiger partial charge on any atom is 0.349 e. The SMILES string of the molecule is CN=C/C(=C\NC=O)COc1cc(C)c(-c2cccc(COc3ccc4c(c3)OCC4CC(=O)OF)c2)c(C)c1. The Morgan fingerprint density at radius 1 is 1.10 bits per heavy atom. The van der Waals surface area contributed by atoms with E-state index in [1.807, 2.05) is 50.2 Å². The summed E-state index contributed by atoms with van der Waals surface area (Å²) < 4.78 is 29.8. The highest BCUT2D eigenvalue weighted by Crippen LogP contribution is 2.39. The number of fused-ring (bicyclic) bond motifs is 1. The van der Waals surface area contributed by atoms with Crippen LogP contribution in [0.4, 0.5) is 4.53 Å². The van der Waals surface area contributed by atoms with Gasteiger partial charge in [-0.25, -0.2) is 4.79 Å². The summed E-state index contributed by atoms with van der Waals surface area (Å²) in [5, 5.41) is 2.51. The molecule has 0 aliphatic carbocycles. The van der Waals surface area contributed by atoms with Crippen molar-refractivity contribution in [3.05, 3.63) is 88.6 Å². The van der Waals surface area contributed by atoms with Gasteiger partial charge in [0.25, 0.3) is 0 Å². The first kappa shape index (κ1) is 28.4. The number of benzene rings is 3. The summed E-state index contributed by atoms with van der Waals surface area (Å²) >= 11 is 0. The van der Waals surface area contributed by atoms with Crippen LogP contribution in [0, 0.1) is 13.8 Å².